The number of hydrogen-bond acceptors (Lipinski definition) is 2. The molecule has 1 atom stereocenters. The zero-order valence-electron chi connectivity index (χ0n) is 11.4. The highest BCUT2D eigenvalue weighted by Crippen LogP contribution is 2.31. The van der Waals surface area contributed by atoms with Crippen molar-refractivity contribution in [1.82, 2.24) is 9.78 Å². The summed E-state index contributed by atoms with van der Waals surface area (Å²) in [5.41, 5.74) is 2.04. The molecular weight excluding hydrogens is 236 g/mol. The topological polar surface area (TPSA) is 38.0 Å². The van der Waals surface area contributed by atoms with Crippen molar-refractivity contribution in [3.8, 4) is 0 Å². The molecule has 0 saturated heterocycles. The highest BCUT2D eigenvalue weighted by atomic mass is 35.5. The fraction of sp³-hybridized carbons (Fsp3) is 0.769. The van der Waals surface area contributed by atoms with Crippen molar-refractivity contribution in [3.63, 3.8) is 0 Å². The van der Waals surface area contributed by atoms with E-state index in [1.165, 1.54) is 0 Å². The van der Waals surface area contributed by atoms with Crippen LogP contribution in [0.2, 0.25) is 5.02 Å². The molecule has 0 radical (unpaired) electrons. The second kappa shape index (κ2) is 5.40. The molecule has 1 rings (SSSR count). The number of aryl methyl sites for hydroxylation is 2. The van der Waals surface area contributed by atoms with Crippen molar-refractivity contribution in [3.05, 3.63) is 16.4 Å². The lowest BCUT2D eigenvalue weighted by Gasteiger charge is -2.26. The molecule has 1 heterocycles. The van der Waals surface area contributed by atoms with Gasteiger partial charge in [0, 0.05) is 7.05 Å². The van der Waals surface area contributed by atoms with Gasteiger partial charge in [0.1, 0.15) is 0 Å². The van der Waals surface area contributed by atoms with Gasteiger partial charge >= 0.3 is 0 Å². The molecule has 0 aliphatic heterocycles. The maximum Gasteiger partial charge on any atom is 0.0849 e. The summed E-state index contributed by atoms with van der Waals surface area (Å²) in [4.78, 5) is 0. The van der Waals surface area contributed by atoms with Crippen LogP contribution in [0.5, 0.6) is 0 Å². The van der Waals surface area contributed by atoms with Crippen LogP contribution in [0.3, 0.4) is 0 Å². The van der Waals surface area contributed by atoms with Crippen molar-refractivity contribution < 1.29 is 5.11 Å². The average molecular weight is 259 g/mol. The van der Waals surface area contributed by atoms with Crippen LogP contribution < -0.4 is 0 Å². The van der Waals surface area contributed by atoms with Gasteiger partial charge < -0.3 is 5.11 Å². The summed E-state index contributed by atoms with van der Waals surface area (Å²) in [6.07, 6.45) is 2.15. The van der Waals surface area contributed by atoms with Crippen LogP contribution in [-0.4, -0.2) is 21.0 Å². The van der Waals surface area contributed by atoms with Crippen molar-refractivity contribution in [1.29, 1.82) is 0 Å². The molecule has 1 aromatic heterocycles. The molecule has 1 unspecified atom stereocenters. The Labute approximate surface area is 109 Å². The van der Waals surface area contributed by atoms with Crippen LogP contribution in [0, 0.1) is 5.41 Å². The predicted molar refractivity (Wildman–Crippen MR) is 71.4 cm³/mol. The minimum Gasteiger partial charge on any atom is -0.393 e. The lowest BCUT2D eigenvalue weighted by Crippen LogP contribution is -2.22. The molecule has 4 heteroatoms. The fourth-order valence-corrected chi connectivity index (χ4v) is 2.70. The molecule has 0 aliphatic carbocycles. The minimum atomic E-state index is -0.289. The van der Waals surface area contributed by atoms with Gasteiger partial charge in [0.25, 0.3) is 0 Å². The Kier molecular flexibility index (Phi) is 4.62. The van der Waals surface area contributed by atoms with Crippen molar-refractivity contribution in [2.75, 3.05) is 0 Å². The molecule has 0 bridgehead atoms. The standard InChI is InChI=1S/C13H23ClN2O/c1-6-10-12(14)11(16(5)15-10)8-13(3,4)7-9(2)17/h9,17H,6-8H2,1-5H3. The molecule has 0 amide bonds. The monoisotopic (exact) mass is 258 g/mol. The Morgan fingerprint density at radius 2 is 2.06 bits per heavy atom. The highest BCUT2D eigenvalue weighted by molar-refractivity contribution is 6.31. The first-order valence-corrected chi connectivity index (χ1v) is 6.53. The second-order valence-electron chi connectivity index (χ2n) is 5.58. The third-order valence-corrected chi connectivity index (χ3v) is 3.43. The largest absolute Gasteiger partial charge is 0.393 e. The van der Waals surface area contributed by atoms with Crippen LogP contribution in [0.15, 0.2) is 0 Å². The summed E-state index contributed by atoms with van der Waals surface area (Å²) in [6.45, 7) is 8.17. The van der Waals surface area contributed by atoms with Crippen molar-refractivity contribution in [2.45, 2.75) is 53.1 Å². The molecule has 0 aliphatic rings. The number of aliphatic hydroxyl groups is 1. The van der Waals surface area contributed by atoms with Gasteiger partial charge in [-0.1, -0.05) is 32.4 Å². The van der Waals surface area contributed by atoms with Gasteiger partial charge in [-0.3, -0.25) is 4.68 Å². The van der Waals surface area contributed by atoms with E-state index in [2.05, 4.69) is 25.9 Å². The fourth-order valence-electron chi connectivity index (χ4n) is 2.34. The SMILES string of the molecule is CCc1nn(C)c(CC(C)(C)CC(C)O)c1Cl. The number of nitrogens with zero attached hydrogens (tertiary/aromatic N) is 2. The number of aromatic nitrogens is 2. The molecule has 0 fully saturated rings. The summed E-state index contributed by atoms with van der Waals surface area (Å²) in [5.74, 6) is 0. The van der Waals surface area contributed by atoms with Gasteiger partial charge in [0.15, 0.2) is 0 Å². The molecule has 3 nitrogen and oxygen atoms in total. The second-order valence-corrected chi connectivity index (χ2v) is 5.96. The zero-order valence-corrected chi connectivity index (χ0v) is 12.2. The van der Waals surface area contributed by atoms with E-state index < -0.39 is 0 Å². The molecular formula is C13H23ClN2O. The molecule has 0 spiro atoms. The summed E-state index contributed by atoms with van der Waals surface area (Å²) in [5, 5.41) is 14.7. The molecule has 1 aromatic rings. The molecule has 0 aromatic carbocycles. The third-order valence-electron chi connectivity index (χ3n) is 3.00. The van der Waals surface area contributed by atoms with Crippen LogP contribution in [-0.2, 0) is 19.9 Å². The number of hydrogen-bond donors (Lipinski definition) is 1. The van der Waals surface area contributed by atoms with E-state index in [9.17, 15) is 5.11 Å². The van der Waals surface area contributed by atoms with Gasteiger partial charge in [0.05, 0.1) is 22.5 Å². The smallest absolute Gasteiger partial charge is 0.0849 e. The van der Waals surface area contributed by atoms with E-state index in [1.807, 2.05) is 18.7 Å². The Morgan fingerprint density at radius 1 is 1.47 bits per heavy atom. The first-order valence-electron chi connectivity index (χ1n) is 6.15. The summed E-state index contributed by atoms with van der Waals surface area (Å²) in [7, 11) is 1.93. The molecule has 1 N–H and O–H groups in total. The maximum absolute atomic E-state index is 9.50. The van der Waals surface area contributed by atoms with Gasteiger partial charge in [-0.2, -0.15) is 5.10 Å². The molecule has 98 valence electrons. The minimum absolute atomic E-state index is 0.0244. The quantitative estimate of drug-likeness (QED) is 0.882. The summed E-state index contributed by atoms with van der Waals surface area (Å²) < 4.78 is 1.87. The van der Waals surface area contributed by atoms with E-state index in [0.29, 0.717) is 0 Å². The summed E-state index contributed by atoms with van der Waals surface area (Å²) in [6, 6.07) is 0. The van der Waals surface area contributed by atoms with Crippen molar-refractivity contribution >= 4 is 11.6 Å². The first-order chi connectivity index (χ1) is 7.76. The van der Waals surface area contributed by atoms with Gasteiger partial charge in [0.2, 0.25) is 0 Å². The third kappa shape index (κ3) is 3.71. The van der Waals surface area contributed by atoms with Crippen LogP contribution in [0.4, 0.5) is 0 Å². The van der Waals surface area contributed by atoms with Crippen molar-refractivity contribution in [2.24, 2.45) is 12.5 Å². The lowest BCUT2D eigenvalue weighted by atomic mass is 9.82. The Balaban J connectivity index is 2.91. The van der Waals surface area contributed by atoms with E-state index in [1.54, 1.807) is 0 Å². The maximum atomic E-state index is 9.50. The number of rotatable bonds is 5. The Bertz CT molecular complexity index is 383. The normalized spacial score (nSPS) is 14.1. The van der Waals surface area contributed by atoms with E-state index >= 15 is 0 Å². The van der Waals surface area contributed by atoms with E-state index in [-0.39, 0.29) is 11.5 Å². The van der Waals surface area contributed by atoms with Crippen LogP contribution in [0.25, 0.3) is 0 Å². The predicted octanol–water partition coefficient (Wildman–Crippen LogP) is 2.98. The molecule has 17 heavy (non-hydrogen) atoms. The summed E-state index contributed by atoms with van der Waals surface area (Å²) >= 11 is 6.33. The van der Waals surface area contributed by atoms with Crippen LogP contribution >= 0.6 is 11.6 Å². The van der Waals surface area contributed by atoms with E-state index in [4.69, 9.17) is 11.6 Å². The average Bonchev–Trinajstić information content (AvgIpc) is 2.42. The zero-order chi connectivity index (χ0) is 13.2. The Morgan fingerprint density at radius 3 is 2.47 bits per heavy atom. The number of aliphatic hydroxyl groups excluding tert-OH is 1. The van der Waals surface area contributed by atoms with Gasteiger partial charge in [-0.15, -0.1) is 0 Å². The molecule has 0 saturated carbocycles. The van der Waals surface area contributed by atoms with E-state index in [0.717, 1.165) is 35.7 Å². The van der Waals surface area contributed by atoms with Crippen LogP contribution in [0.1, 0.15) is 45.5 Å². The Hall–Kier alpha value is -0.540. The first kappa shape index (κ1) is 14.5. The lowest BCUT2D eigenvalue weighted by molar-refractivity contribution is 0.128. The highest BCUT2D eigenvalue weighted by Gasteiger charge is 2.25. The van der Waals surface area contributed by atoms with Gasteiger partial charge in [-0.05, 0) is 31.6 Å². The number of halogens is 1. The van der Waals surface area contributed by atoms with Gasteiger partial charge in [-0.25, -0.2) is 0 Å².